The summed E-state index contributed by atoms with van der Waals surface area (Å²) in [5.41, 5.74) is 1.32. The summed E-state index contributed by atoms with van der Waals surface area (Å²) in [4.78, 5) is 23.0. The summed E-state index contributed by atoms with van der Waals surface area (Å²) in [5, 5.41) is 2.80. The molecule has 1 N–H and O–H groups in total. The molecule has 10 heteroatoms. The van der Waals surface area contributed by atoms with E-state index in [0.29, 0.717) is 31.0 Å². The summed E-state index contributed by atoms with van der Waals surface area (Å²) in [6.07, 6.45) is 0.561. The monoisotopic (exact) mass is 391 g/mol. The van der Waals surface area contributed by atoms with E-state index in [0.717, 1.165) is 5.69 Å². The Morgan fingerprint density at radius 1 is 1.25 bits per heavy atom. The molecule has 1 aliphatic rings. The van der Waals surface area contributed by atoms with E-state index < -0.39 is 12.4 Å². The van der Waals surface area contributed by atoms with Crippen molar-refractivity contribution in [2.24, 2.45) is 0 Å². The average molecular weight is 391 g/mol. The number of aromatic nitrogens is 3. The van der Waals surface area contributed by atoms with Crippen LogP contribution in [0.25, 0.3) is 5.78 Å². The standard InChI is InChI=1S/C18H16F3N5O2/c19-18(20,21)28-14-4-2-12(3-5-14)15-16(27)22-7-9-25(15)10-13-11-26-8-1-6-23-17(26)24-13/h1-6,8,11,15H,7,9-10H2,(H,22,27). The van der Waals surface area contributed by atoms with E-state index in [9.17, 15) is 18.0 Å². The fourth-order valence-electron chi connectivity index (χ4n) is 3.26. The van der Waals surface area contributed by atoms with E-state index in [-0.39, 0.29) is 11.7 Å². The second-order valence-corrected chi connectivity index (χ2v) is 6.34. The van der Waals surface area contributed by atoms with Crippen molar-refractivity contribution in [3.8, 4) is 5.75 Å². The number of imidazole rings is 1. The molecule has 0 spiro atoms. The summed E-state index contributed by atoms with van der Waals surface area (Å²) < 4.78 is 42.7. The van der Waals surface area contributed by atoms with Crippen LogP contribution in [-0.2, 0) is 11.3 Å². The molecule has 1 saturated heterocycles. The first-order valence-corrected chi connectivity index (χ1v) is 8.55. The molecule has 0 radical (unpaired) electrons. The molecule has 4 rings (SSSR count). The van der Waals surface area contributed by atoms with Crippen molar-refractivity contribution in [1.29, 1.82) is 0 Å². The largest absolute Gasteiger partial charge is 0.573 e. The number of halogens is 3. The number of piperazine rings is 1. The van der Waals surface area contributed by atoms with Gasteiger partial charge in [-0.2, -0.15) is 0 Å². The molecule has 1 aliphatic heterocycles. The molecule has 28 heavy (non-hydrogen) atoms. The number of nitrogens with zero attached hydrogens (tertiary/aromatic N) is 4. The number of benzene rings is 1. The first-order valence-electron chi connectivity index (χ1n) is 8.55. The maximum Gasteiger partial charge on any atom is 0.573 e. The fourth-order valence-corrected chi connectivity index (χ4v) is 3.26. The first kappa shape index (κ1) is 18.2. The second-order valence-electron chi connectivity index (χ2n) is 6.34. The SMILES string of the molecule is O=C1NCCN(Cc2cn3cccnc3n2)C1c1ccc(OC(F)(F)F)cc1. The molecule has 3 aromatic rings. The second kappa shape index (κ2) is 7.12. The van der Waals surface area contributed by atoms with E-state index >= 15 is 0 Å². The number of hydrogen-bond donors (Lipinski definition) is 1. The van der Waals surface area contributed by atoms with Crippen LogP contribution in [-0.4, -0.2) is 44.6 Å². The predicted molar refractivity (Wildman–Crippen MR) is 92.3 cm³/mol. The Hall–Kier alpha value is -3.14. The van der Waals surface area contributed by atoms with Crippen molar-refractivity contribution < 1.29 is 22.7 Å². The summed E-state index contributed by atoms with van der Waals surface area (Å²) in [6.45, 7) is 1.47. The van der Waals surface area contributed by atoms with Gasteiger partial charge >= 0.3 is 6.36 Å². The van der Waals surface area contributed by atoms with Gasteiger partial charge in [-0.25, -0.2) is 9.97 Å². The van der Waals surface area contributed by atoms with Crippen molar-refractivity contribution in [1.82, 2.24) is 24.6 Å². The van der Waals surface area contributed by atoms with Gasteiger partial charge in [0.2, 0.25) is 11.7 Å². The van der Waals surface area contributed by atoms with E-state index in [1.807, 2.05) is 17.3 Å². The number of carbonyl (C=O) groups is 1. The lowest BCUT2D eigenvalue weighted by atomic mass is 10.0. The van der Waals surface area contributed by atoms with E-state index in [1.165, 1.54) is 24.3 Å². The van der Waals surface area contributed by atoms with E-state index in [2.05, 4.69) is 20.0 Å². The van der Waals surface area contributed by atoms with Gasteiger partial charge in [-0.05, 0) is 23.8 Å². The van der Waals surface area contributed by atoms with Crippen LogP contribution in [0.2, 0.25) is 0 Å². The Morgan fingerprint density at radius 2 is 2.04 bits per heavy atom. The third kappa shape index (κ3) is 3.91. The maximum absolute atomic E-state index is 12.5. The lowest BCUT2D eigenvalue weighted by Gasteiger charge is -2.34. The number of ether oxygens (including phenoxy) is 1. The predicted octanol–water partition coefficient (Wildman–Crippen LogP) is 2.30. The molecular weight excluding hydrogens is 375 g/mol. The minimum Gasteiger partial charge on any atom is -0.406 e. The van der Waals surface area contributed by atoms with Crippen molar-refractivity contribution in [2.45, 2.75) is 18.9 Å². The van der Waals surface area contributed by atoms with Gasteiger partial charge in [0, 0.05) is 38.2 Å². The van der Waals surface area contributed by atoms with Crippen LogP contribution in [0.3, 0.4) is 0 Å². The summed E-state index contributed by atoms with van der Waals surface area (Å²) >= 11 is 0. The molecule has 0 bridgehead atoms. The first-order chi connectivity index (χ1) is 13.4. The number of nitrogens with one attached hydrogen (secondary N) is 1. The summed E-state index contributed by atoms with van der Waals surface area (Å²) in [6, 6.07) is 6.51. The number of alkyl halides is 3. The van der Waals surface area contributed by atoms with Gasteiger partial charge < -0.3 is 10.1 Å². The molecule has 1 unspecified atom stereocenters. The number of fused-ring (bicyclic) bond motifs is 1. The molecule has 1 fully saturated rings. The Balaban J connectivity index is 1.57. The van der Waals surface area contributed by atoms with Crippen LogP contribution in [0.15, 0.2) is 48.9 Å². The van der Waals surface area contributed by atoms with Crippen LogP contribution >= 0.6 is 0 Å². The van der Waals surface area contributed by atoms with Gasteiger partial charge in [0.15, 0.2) is 0 Å². The van der Waals surface area contributed by atoms with Crippen molar-refractivity contribution in [2.75, 3.05) is 13.1 Å². The van der Waals surface area contributed by atoms with Crippen molar-refractivity contribution >= 4 is 11.7 Å². The van der Waals surface area contributed by atoms with Crippen molar-refractivity contribution in [3.05, 3.63) is 60.2 Å². The molecule has 2 aromatic heterocycles. The third-order valence-electron chi connectivity index (χ3n) is 4.39. The van der Waals surface area contributed by atoms with Gasteiger partial charge in [0.25, 0.3) is 0 Å². The van der Waals surface area contributed by atoms with E-state index in [4.69, 9.17) is 0 Å². The Morgan fingerprint density at radius 3 is 2.75 bits per heavy atom. The maximum atomic E-state index is 12.5. The van der Waals surface area contributed by atoms with Gasteiger partial charge in [-0.1, -0.05) is 12.1 Å². The lowest BCUT2D eigenvalue weighted by molar-refractivity contribution is -0.274. The molecule has 0 aliphatic carbocycles. The van der Waals surface area contributed by atoms with Gasteiger partial charge in [0.1, 0.15) is 11.8 Å². The lowest BCUT2D eigenvalue weighted by Crippen LogP contribution is -2.49. The highest BCUT2D eigenvalue weighted by molar-refractivity contribution is 5.84. The Bertz CT molecular complexity index is 954. The van der Waals surface area contributed by atoms with Crippen LogP contribution < -0.4 is 10.1 Å². The molecular formula is C18H16F3N5O2. The van der Waals surface area contributed by atoms with E-state index in [1.54, 1.807) is 16.7 Å². The molecule has 146 valence electrons. The number of hydrogen-bond acceptors (Lipinski definition) is 5. The molecule has 1 atom stereocenters. The average Bonchev–Trinajstić information content (AvgIpc) is 3.04. The zero-order valence-corrected chi connectivity index (χ0v) is 14.6. The smallest absolute Gasteiger partial charge is 0.406 e. The van der Waals surface area contributed by atoms with Crippen LogP contribution in [0.1, 0.15) is 17.3 Å². The normalized spacial score (nSPS) is 18.2. The molecule has 3 heterocycles. The number of rotatable bonds is 4. The van der Waals surface area contributed by atoms with Gasteiger partial charge in [0.05, 0.1) is 5.69 Å². The number of amides is 1. The zero-order valence-electron chi connectivity index (χ0n) is 14.6. The highest BCUT2D eigenvalue weighted by Crippen LogP contribution is 2.28. The quantitative estimate of drug-likeness (QED) is 0.739. The van der Waals surface area contributed by atoms with Crippen LogP contribution in [0.5, 0.6) is 5.75 Å². The topological polar surface area (TPSA) is 71.8 Å². The van der Waals surface area contributed by atoms with Crippen molar-refractivity contribution in [3.63, 3.8) is 0 Å². The van der Waals surface area contributed by atoms with Crippen LogP contribution in [0.4, 0.5) is 13.2 Å². The highest BCUT2D eigenvalue weighted by Gasteiger charge is 2.33. The molecule has 1 aromatic carbocycles. The fraction of sp³-hybridized carbons (Fsp3) is 0.278. The number of carbonyl (C=O) groups excluding carboxylic acids is 1. The zero-order chi connectivity index (χ0) is 19.7. The Labute approximate surface area is 157 Å². The van der Waals surface area contributed by atoms with Crippen LogP contribution in [0, 0.1) is 0 Å². The molecule has 7 nitrogen and oxygen atoms in total. The van der Waals surface area contributed by atoms with Gasteiger partial charge in [-0.15, -0.1) is 13.2 Å². The third-order valence-corrected chi connectivity index (χ3v) is 4.39. The van der Waals surface area contributed by atoms with Gasteiger partial charge in [-0.3, -0.25) is 14.1 Å². The highest BCUT2D eigenvalue weighted by atomic mass is 19.4. The summed E-state index contributed by atoms with van der Waals surface area (Å²) in [5.74, 6) is 0.0206. The molecule has 1 amide bonds. The summed E-state index contributed by atoms with van der Waals surface area (Å²) in [7, 11) is 0. The minimum atomic E-state index is -4.76. The molecule has 0 saturated carbocycles. The minimum absolute atomic E-state index is 0.211. The Kier molecular flexibility index (Phi) is 4.63.